The molecule has 6 heteroatoms. The number of hydrogen-bond donors (Lipinski definition) is 2. The number of nitrogens with zero attached hydrogens (tertiary/aromatic N) is 2. The molecule has 1 atom stereocenters. The van der Waals surface area contributed by atoms with Crippen molar-refractivity contribution in [2.24, 2.45) is 5.92 Å². The number of benzene rings is 1. The molecule has 0 saturated heterocycles. The summed E-state index contributed by atoms with van der Waals surface area (Å²) in [6, 6.07) is 9.00. The molecule has 1 aliphatic carbocycles. The third-order valence-electron chi connectivity index (χ3n) is 4.29. The molecule has 2 N–H and O–H groups in total. The molecule has 1 heterocycles. The molecule has 1 fully saturated rings. The summed E-state index contributed by atoms with van der Waals surface area (Å²) in [4.78, 5) is 12.2. The van der Waals surface area contributed by atoms with E-state index in [0.29, 0.717) is 10.8 Å². The van der Waals surface area contributed by atoms with Crippen molar-refractivity contribution in [3.8, 4) is 5.69 Å². The molecule has 0 spiro atoms. The summed E-state index contributed by atoms with van der Waals surface area (Å²) in [7, 11) is 0. The van der Waals surface area contributed by atoms with Crippen LogP contribution in [0, 0.1) is 5.92 Å². The van der Waals surface area contributed by atoms with Crippen LogP contribution >= 0.6 is 11.6 Å². The molecule has 1 aromatic carbocycles. The molecule has 2 aromatic rings. The Balaban J connectivity index is 1.74. The lowest BCUT2D eigenvalue weighted by atomic mass is 9.73. The number of hydrogen-bond acceptors (Lipinski definition) is 3. The number of para-hydroxylation sites is 1. The molecular weight excluding hydrogens is 302 g/mol. The molecule has 0 aliphatic heterocycles. The van der Waals surface area contributed by atoms with Gasteiger partial charge >= 0.3 is 0 Å². The van der Waals surface area contributed by atoms with Crippen molar-refractivity contribution in [3.05, 3.63) is 41.6 Å². The third-order valence-corrected chi connectivity index (χ3v) is 4.61. The first-order chi connectivity index (χ1) is 10.5. The second-order valence-corrected chi connectivity index (χ2v) is 6.23. The van der Waals surface area contributed by atoms with Crippen LogP contribution in [0.2, 0.25) is 5.02 Å². The Kier molecular flexibility index (Phi) is 3.93. The highest BCUT2D eigenvalue weighted by molar-refractivity contribution is 6.32. The molecule has 1 saturated carbocycles. The quantitative estimate of drug-likeness (QED) is 0.910. The lowest BCUT2D eigenvalue weighted by Gasteiger charge is -2.37. The Hall–Kier alpha value is -1.85. The highest BCUT2D eigenvalue weighted by Gasteiger charge is 2.42. The van der Waals surface area contributed by atoms with Gasteiger partial charge in [-0.3, -0.25) is 4.79 Å². The van der Waals surface area contributed by atoms with Gasteiger partial charge in [-0.15, -0.1) is 0 Å². The maximum absolute atomic E-state index is 12.2. The number of anilines is 1. The van der Waals surface area contributed by atoms with Crippen LogP contribution in [0.25, 0.3) is 5.69 Å². The topological polar surface area (TPSA) is 67.2 Å². The predicted molar refractivity (Wildman–Crippen MR) is 85.2 cm³/mol. The monoisotopic (exact) mass is 319 g/mol. The normalized spacial score (nSPS) is 17.6. The minimum absolute atomic E-state index is 0.0261. The van der Waals surface area contributed by atoms with Gasteiger partial charge in [-0.1, -0.05) is 30.2 Å². The number of rotatable bonds is 4. The Morgan fingerprint density at radius 2 is 2.14 bits per heavy atom. The summed E-state index contributed by atoms with van der Waals surface area (Å²) >= 11 is 6.13. The second kappa shape index (κ2) is 5.74. The molecule has 116 valence electrons. The summed E-state index contributed by atoms with van der Waals surface area (Å²) in [5, 5.41) is 17.9. The van der Waals surface area contributed by atoms with E-state index in [1.54, 1.807) is 29.9 Å². The van der Waals surface area contributed by atoms with Gasteiger partial charge in [0.1, 0.15) is 5.60 Å². The van der Waals surface area contributed by atoms with E-state index in [-0.39, 0.29) is 5.92 Å². The van der Waals surface area contributed by atoms with Gasteiger partial charge in [-0.25, -0.2) is 4.68 Å². The number of nitrogens with one attached hydrogen (secondary N) is 1. The van der Waals surface area contributed by atoms with Crippen molar-refractivity contribution >= 4 is 23.3 Å². The molecule has 0 radical (unpaired) electrons. The third kappa shape index (κ3) is 2.74. The zero-order valence-electron chi connectivity index (χ0n) is 12.3. The van der Waals surface area contributed by atoms with Crippen LogP contribution in [0.1, 0.15) is 26.2 Å². The van der Waals surface area contributed by atoms with Crippen LogP contribution < -0.4 is 5.32 Å². The fourth-order valence-electron chi connectivity index (χ4n) is 2.56. The minimum atomic E-state index is -1.35. The van der Waals surface area contributed by atoms with Crippen LogP contribution in [-0.4, -0.2) is 26.4 Å². The molecular formula is C16H18ClN3O2. The summed E-state index contributed by atoms with van der Waals surface area (Å²) < 4.78 is 1.59. The van der Waals surface area contributed by atoms with Crippen molar-refractivity contribution < 1.29 is 9.90 Å². The smallest absolute Gasteiger partial charge is 0.257 e. The maximum Gasteiger partial charge on any atom is 0.257 e. The van der Waals surface area contributed by atoms with Crippen LogP contribution in [-0.2, 0) is 4.79 Å². The molecule has 0 bridgehead atoms. The number of aromatic nitrogens is 2. The van der Waals surface area contributed by atoms with Gasteiger partial charge in [0.2, 0.25) is 0 Å². The van der Waals surface area contributed by atoms with Crippen molar-refractivity contribution in [2.75, 3.05) is 5.32 Å². The second-order valence-electron chi connectivity index (χ2n) is 5.83. The van der Waals surface area contributed by atoms with E-state index < -0.39 is 11.5 Å². The first-order valence-electron chi connectivity index (χ1n) is 7.33. The molecule has 3 rings (SSSR count). The number of carbonyl (C=O) groups is 1. The predicted octanol–water partition coefficient (Wildman–Crippen LogP) is 3.02. The van der Waals surface area contributed by atoms with Gasteiger partial charge in [-0.2, -0.15) is 5.10 Å². The summed E-state index contributed by atoms with van der Waals surface area (Å²) in [6.45, 7) is 1.57. The first-order valence-corrected chi connectivity index (χ1v) is 7.70. The highest BCUT2D eigenvalue weighted by atomic mass is 35.5. The molecule has 1 aliphatic rings. The van der Waals surface area contributed by atoms with E-state index >= 15 is 0 Å². The van der Waals surface area contributed by atoms with E-state index in [2.05, 4.69) is 10.4 Å². The fraction of sp³-hybridized carbons (Fsp3) is 0.375. The molecule has 1 unspecified atom stereocenters. The average molecular weight is 320 g/mol. The zero-order chi connectivity index (χ0) is 15.7. The largest absolute Gasteiger partial charge is 0.380 e. The SMILES string of the molecule is CC(O)(C(=O)Nc1ccn(-c2ccccc2Cl)n1)C1CCC1. The van der Waals surface area contributed by atoms with Gasteiger partial charge in [0.05, 0.1) is 10.7 Å². The number of amides is 1. The highest BCUT2D eigenvalue weighted by Crippen LogP contribution is 2.36. The fourth-order valence-corrected chi connectivity index (χ4v) is 2.78. The van der Waals surface area contributed by atoms with Crippen LogP contribution in [0.3, 0.4) is 0 Å². The van der Waals surface area contributed by atoms with Gasteiger partial charge in [0.15, 0.2) is 5.82 Å². The van der Waals surface area contributed by atoms with E-state index in [0.717, 1.165) is 24.9 Å². The van der Waals surface area contributed by atoms with Crippen LogP contribution in [0.15, 0.2) is 36.5 Å². The maximum atomic E-state index is 12.2. The molecule has 22 heavy (non-hydrogen) atoms. The molecule has 1 aromatic heterocycles. The van der Waals surface area contributed by atoms with E-state index in [4.69, 9.17) is 11.6 Å². The van der Waals surface area contributed by atoms with E-state index in [1.165, 1.54) is 0 Å². The standard InChI is InChI=1S/C16H18ClN3O2/c1-16(22,11-5-4-6-11)15(21)18-14-9-10-20(19-14)13-8-3-2-7-12(13)17/h2-3,7-11,22H,4-6H2,1H3,(H,18,19,21). The summed E-state index contributed by atoms with van der Waals surface area (Å²) in [5.74, 6) is 0.00396. The van der Waals surface area contributed by atoms with Gasteiger partial charge in [-0.05, 0) is 37.8 Å². The molecule has 5 nitrogen and oxygen atoms in total. The average Bonchev–Trinajstić information content (AvgIpc) is 2.85. The number of carbonyl (C=O) groups excluding carboxylic acids is 1. The summed E-state index contributed by atoms with van der Waals surface area (Å²) in [5.41, 5.74) is -0.623. The zero-order valence-corrected chi connectivity index (χ0v) is 13.0. The van der Waals surface area contributed by atoms with Crippen molar-refractivity contribution in [1.82, 2.24) is 9.78 Å². The van der Waals surface area contributed by atoms with Crippen molar-refractivity contribution in [2.45, 2.75) is 31.8 Å². The van der Waals surface area contributed by atoms with Gasteiger partial charge in [0, 0.05) is 12.3 Å². The van der Waals surface area contributed by atoms with Crippen molar-refractivity contribution in [3.63, 3.8) is 0 Å². The first kappa shape index (κ1) is 15.1. The Bertz CT molecular complexity index is 692. The Morgan fingerprint density at radius 3 is 2.77 bits per heavy atom. The van der Waals surface area contributed by atoms with Crippen LogP contribution in [0.4, 0.5) is 5.82 Å². The van der Waals surface area contributed by atoms with E-state index in [9.17, 15) is 9.90 Å². The van der Waals surface area contributed by atoms with E-state index in [1.807, 2.05) is 18.2 Å². The summed E-state index contributed by atoms with van der Waals surface area (Å²) in [6.07, 6.45) is 4.55. The Labute approximate surface area is 133 Å². The van der Waals surface area contributed by atoms with Crippen molar-refractivity contribution in [1.29, 1.82) is 0 Å². The Morgan fingerprint density at radius 1 is 1.41 bits per heavy atom. The number of aliphatic hydroxyl groups is 1. The lowest BCUT2D eigenvalue weighted by molar-refractivity contribution is -0.141. The van der Waals surface area contributed by atoms with Gasteiger partial charge in [0.25, 0.3) is 5.91 Å². The lowest BCUT2D eigenvalue weighted by Crippen LogP contribution is -2.49. The minimum Gasteiger partial charge on any atom is -0.380 e. The van der Waals surface area contributed by atoms with Gasteiger partial charge < -0.3 is 10.4 Å². The number of halogens is 1. The van der Waals surface area contributed by atoms with Crippen LogP contribution in [0.5, 0.6) is 0 Å². The molecule has 1 amide bonds.